The molecule has 3 rings (SSSR count). The highest BCUT2D eigenvalue weighted by Gasteiger charge is 2.20. The van der Waals surface area contributed by atoms with Gasteiger partial charge in [0.2, 0.25) is 0 Å². The smallest absolute Gasteiger partial charge is 0.161 e. The maximum atomic E-state index is 10.3. The minimum atomic E-state index is -0.586. The van der Waals surface area contributed by atoms with E-state index in [1.807, 2.05) is 25.1 Å². The monoisotopic (exact) mass is 435 g/mol. The lowest BCUT2D eigenvalue weighted by atomic mass is 10.1. The van der Waals surface area contributed by atoms with Crippen molar-refractivity contribution in [3.63, 3.8) is 0 Å². The number of aliphatic hydroxyl groups excluding tert-OH is 2. The number of aromatic nitrogens is 1. The zero-order valence-electron chi connectivity index (χ0n) is 18.1. The Kier molecular flexibility index (Phi) is 8.47. The lowest BCUT2D eigenvalue weighted by Crippen LogP contribution is -2.41. The molecule has 8 heteroatoms. The first-order valence-electron chi connectivity index (χ1n) is 10.4. The standard InChI is InChI=1S/C22H33N3O4S/c1-16-15-30-22(23-16)13-24(2)11-17-4-5-20(21(10-17)28-3)29-14-19(27)12-25-8-6-18(26)7-9-25/h4-5,10,15,18-19,26-27H,6-9,11-14H2,1-3H3. The van der Waals surface area contributed by atoms with Crippen molar-refractivity contribution in [3.05, 3.63) is 39.8 Å². The molecular weight excluding hydrogens is 402 g/mol. The lowest BCUT2D eigenvalue weighted by Gasteiger charge is -2.30. The fourth-order valence-electron chi connectivity index (χ4n) is 3.64. The lowest BCUT2D eigenvalue weighted by molar-refractivity contribution is 0.0333. The van der Waals surface area contributed by atoms with E-state index in [2.05, 4.69) is 27.2 Å². The number of aryl methyl sites for hydroxylation is 1. The molecule has 0 amide bonds. The van der Waals surface area contributed by atoms with Crippen LogP contribution in [0.15, 0.2) is 23.6 Å². The summed E-state index contributed by atoms with van der Waals surface area (Å²) in [5.41, 5.74) is 2.19. The average Bonchev–Trinajstić information content (AvgIpc) is 3.13. The summed E-state index contributed by atoms with van der Waals surface area (Å²) in [6.45, 7) is 5.97. The number of hydrogen-bond acceptors (Lipinski definition) is 8. The maximum absolute atomic E-state index is 10.3. The summed E-state index contributed by atoms with van der Waals surface area (Å²) in [6.07, 6.45) is 0.735. The van der Waals surface area contributed by atoms with Crippen LogP contribution in [0.4, 0.5) is 0 Å². The molecule has 1 aromatic carbocycles. The van der Waals surface area contributed by atoms with Gasteiger partial charge >= 0.3 is 0 Å². The third-order valence-corrected chi connectivity index (χ3v) is 6.16. The van der Waals surface area contributed by atoms with Gasteiger partial charge in [0.15, 0.2) is 11.5 Å². The van der Waals surface area contributed by atoms with Crippen molar-refractivity contribution in [3.8, 4) is 11.5 Å². The molecule has 1 aliphatic rings. The second-order valence-electron chi connectivity index (χ2n) is 8.04. The van der Waals surface area contributed by atoms with E-state index in [0.717, 1.165) is 55.3 Å². The second kappa shape index (κ2) is 11.1. The molecule has 166 valence electrons. The van der Waals surface area contributed by atoms with Gasteiger partial charge < -0.3 is 24.6 Å². The molecule has 1 unspecified atom stereocenters. The van der Waals surface area contributed by atoms with Crippen molar-refractivity contribution in [2.45, 2.75) is 45.1 Å². The number of hydrogen-bond donors (Lipinski definition) is 2. The molecule has 1 atom stereocenters. The molecule has 1 saturated heterocycles. The van der Waals surface area contributed by atoms with Crippen molar-refractivity contribution in [1.82, 2.24) is 14.8 Å². The van der Waals surface area contributed by atoms with E-state index in [1.54, 1.807) is 18.4 Å². The third kappa shape index (κ3) is 6.92. The summed E-state index contributed by atoms with van der Waals surface area (Å²) < 4.78 is 11.3. The van der Waals surface area contributed by atoms with Gasteiger partial charge in [0.1, 0.15) is 17.7 Å². The molecule has 0 radical (unpaired) electrons. The van der Waals surface area contributed by atoms with E-state index < -0.39 is 6.10 Å². The van der Waals surface area contributed by atoms with Gasteiger partial charge in [0.25, 0.3) is 0 Å². The Morgan fingerprint density at radius 2 is 2.03 bits per heavy atom. The minimum Gasteiger partial charge on any atom is -0.493 e. The van der Waals surface area contributed by atoms with Gasteiger partial charge in [0, 0.05) is 37.3 Å². The Labute approximate surface area is 182 Å². The normalized spacial score (nSPS) is 16.7. The van der Waals surface area contributed by atoms with E-state index in [-0.39, 0.29) is 12.7 Å². The Balaban J connectivity index is 1.49. The fraction of sp³-hybridized carbons (Fsp3) is 0.591. The molecule has 30 heavy (non-hydrogen) atoms. The van der Waals surface area contributed by atoms with Gasteiger partial charge in [-0.05, 0) is 44.5 Å². The molecule has 7 nitrogen and oxygen atoms in total. The van der Waals surface area contributed by atoms with Crippen LogP contribution < -0.4 is 9.47 Å². The van der Waals surface area contributed by atoms with Gasteiger partial charge in [-0.2, -0.15) is 0 Å². The second-order valence-corrected chi connectivity index (χ2v) is 8.98. The Hall–Kier alpha value is -1.71. The van der Waals surface area contributed by atoms with Crippen molar-refractivity contribution in [2.24, 2.45) is 0 Å². The number of benzene rings is 1. The summed E-state index contributed by atoms with van der Waals surface area (Å²) in [4.78, 5) is 8.90. The number of β-amino-alcohol motifs (C(OH)–C–C–N with tert-alkyl or cyclic N) is 1. The third-order valence-electron chi connectivity index (χ3n) is 5.21. The number of rotatable bonds is 10. The minimum absolute atomic E-state index is 0.206. The first-order chi connectivity index (χ1) is 14.4. The quantitative estimate of drug-likeness (QED) is 0.593. The van der Waals surface area contributed by atoms with Crippen molar-refractivity contribution in [2.75, 3.05) is 40.4 Å². The number of piperidine rings is 1. The molecule has 0 saturated carbocycles. The molecule has 1 aromatic heterocycles. The number of nitrogens with zero attached hydrogens (tertiary/aromatic N) is 3. The van der Waals surface area contributed by atoms with E-state index in [1.165, 1.54) is 0 Å². The van der Waals surface area contributed by atoms with Gasteiger partial charge in [0.05, 0.1) is 19.8 Å². The van der Waals surface area contributed by atoms with Gasteiger partial charge in [-0.25, -0.2) is 4.98 Å². The van der Waals surface area contributed by atoms with Gasteiger partial charge in [-0.3, -0.25) is 4.90 Å². The summed E-state index contributed by atoms with van der Waals surface area (Å²) in [7, 11) is 3.70. The fourth-order valence-corrected chi connectivity index (χ4v) is 4.49. The summed E-state index contributed by atoms with van der Waals surface area (Å²) in [5.74, 6) is 1.30. The molecular formula is C22H33N3O4S. The first kappa shape index (κ1) is 23.0. The van der Waals surface area contributed by atoms with Gasteiger partial charge in [-0.15, -0.1) is 11.3 Å². The Morgan fingerprint density at radius 1 is 1.27 bits per heavy atom. The van der Waals surface area contributed by atoms with Crippen molar-refractivity contribution >= 4 is 11.3 Å². The van der Waals surface area contributed by atoms with Crippen LogP contribution >= 0.6 is 11.3 Å². The SMILES string of the molecule is COc1cc(CN(C)Cc2nc(C)cs2)ccc1OCC(O)CN1CCC(O)CC1. The summed E-state index contributed by atoms with van der Waals surface area (Å²) in [5, 5.41) is 23.1. The Bertz CT molecular complexity index is 792. The predicted molar refractivity (Wildman–Crippen MR) is 118 cm³/mol. The number of ether oxygens (including phenoxy) is 2. The van der Waals surface area contributed by atoms with Crippen molar-refractivity contribution < 1.29 is 19.7 Å². The highest BCUT2D eigenvalue weighted by molar-refractivity contribution is 7.09. The van der Waals surface area contributed by atoms with Crippen molar-refractivity contribution in [1.29, 1.82) is 0 Å². The van der Waals surface area contributed by atoms with E-state index in [9.17, 15) is 10.2 Å². The molecule has 0 spiro atoms. The van der Waals surface area contributed by atoms with Crippen LogP contribution in [0.25, 0.3) is 0 Å². The zero-order chi connectivity index (χ0) is 21.5. The van der Waals surface area contributed by atoms with Gasteiger partial charge in [-0.1, -0.05) is 6.07 Å². The zero-order valence-corrected chi connectivity index (χ0v) is 18.9. The topological polar surface area (TPSA) is 78.3 Å². The molecule has 1 fully saturated rings. The number of methoxy groups -OCH3 is 1. The average molecular weight is 436 g/mol. The molecule has 1 aliphatic heterocycles. The molecule has 2 N–H and O–H groups in total. The van der Waals surface area contributed by atoms with E-state index in [0.29, 0.717) is 18.0 Å². The number of thiazole rings is 1. The van der Waals surface area contributed by atoms with Crippen LogP contribution in [-0.4, -0.2) is 77.6 Å². The van der Waals surface area contributed by atoms with E-state index in [4.69, 9.17) is 9.47 Å². The highest BCUT2D eigenvalue weighted by atomic mass is 32.1. The first-order valence-corrected chi connectivity index (χ1v) is 11.3. The molecule has 2 aromatic rings. The largest absolute Gasteiger partial charge is 0.493 e. The van der Waals surface area contributed by atoms with Crippen LogP contribution in [0, 0.1) is 6.92 Å². The summed E-state index contributed by atoms with van der Waals surface area (Å²) in [6, 6.07) is 5.91. The molecule has 0 bridgehead atoms. The van der Waals surface area contributed by atoms with Crippen LogP contribution in [0.3, 0.4) is 0 Å². The highest BCUT2D eigenvalue weighted by Crippen LogP contribution is 2.29. The molecule has 2 heterocycles. The molecule has 0 aliphatic carbocycles. The van der Waals surface area contributed by atoms with Crippen LogP contribution in [0.2, 0.25) is 0 Å². The summed E-state index contributed by atoms with van der Waals surface area (Å²) >= 11 is 1.68. The predicted octanol–water partition coefficient (Wildman–Crippen LogP) is 2.29. The van der Waals surface area contributed by atoms with Crippen LogP contribution in [0.5, 0.6) is 11.5 Å². The number of aliphatic hydroxyl groups is 2. The Morgan fingerprint density at radius 3 is 2.70 bits per heavy atom. The van der Waals surface area contributed by atoms with Crippen LogP contribution in [-0.2, 0) is 13.1 Å². The maximum Gasteiger partial charge on any atom is 0.161 e. The van der Waals surface area contributed by atoms with Crippen LogP contribution in [0.1, 0.15) is 29.1 Å². The number of likely N-dealkylation sites (tertiary alicyclic amines) is 1. The van der Waals surface area contributed by atoms with E-state index >= 15 is 0 Å².